The van der Waals surface area contributed by atoms with Crippen LogP contribution < -0.4 is 5.32 Å². The van der Waals surface area contributed by atoms with Crippen molar-refractivity contribution in [2.24, 2.45) is 0 Å². The van der Waals surface area contributed by atoms with E-state index in [0.717, 1.165) is 19.4 Å². The lowest BCUT2D eigenvalue weighted by molar-refractivity contribution is -0.0403. The molecule has 2 heterocycles. The second-order valence-corrected chi connectivity index (χ2v) is 5.66. The highest BCUT2D eigenvalue weighted by molar-refractivity contribution is 5.07. The summed E-state index contributed by atoms with van der Waals surface area (Å²) in [6.45, 7) is 9.86. The molecule has 5 heteroatoms. The van der Waals surface area contributed by atoms with Gasteiger partial charge in [-0.1, -0.05) is 12.1 Å². The fourth-order valence-corrected chi connectivity index (χ4v) is 2.54. The number of hydrogen-bond donors (Lipinski definition) is 1. The van der Waals surface area contributed by atoms with Crippen molar-refractivity contribution in [1.82, 2.24) is 15.5 Å². The number of nitrogens with one attached hydrogen (secondary N) is 1. The average Bonchev–Trinajstić information content (AvgIpc) is 2.91. The van der Waals surface area contributed by atoms with Crippen LogP contribution in [0.25, 0.3) is 0 Å². The van der Waals surface area contributed by atoms with Gasteiger partial charge in [-0.2, -0.15) is 4.98 Å². The summed E-state index contributed by atoms with van der Waals surface area (Å²) in [5.74, 6) is 1.34. The predicted molar refractivity (Wildman–Crippen MR) is 72.8 cm³/mol. The normalized spacial score (nSPS) is 27.2. The number of piperidine rings is 1. The Morgan fingerprint density at radius 2 is 2.21 bits per heavy atom. The monoisotopic (exact) mass is 267 g/mol. The van der Waals surface area contributed by atoms with Crippen LogP contribution in [-0.4, -0.2) is 23.3 Å². The number of nitrogens with zero attached hydrogens (tertiary/aromatic N) is 2. The minimum Gasteiger partial charge on any atom is -0.367 e. The molecule has 1 aliphatic rings. The van der Waals surface area contributed by atoms with Gasteiger partial charge in [0.05, 0.1) is 5.54 Å². The highest BCUT2D eigenvalue weighted by Crippen LogP contribution is 2.32. The first-order valence-corrected chi connectivity index (χ1v) is 7.28. The number of hydrogen-bond acceptors (Lipinski definition) is 5. The molecule has 0 spiro atoms. The Labute approximate surface area is 115 Å². The second kappa shape index (κ2) is 5.59. The van der Waals surface area contributed by atoms with E-state index in [1.807, 2.05) is 13.8 Å². The molecule has 19 heavy (non-hydrogen) atoms. The zero-order valence-electron chi connectivity index (χ0n) is 12.5. The molecular weight excluding hydrogens is 242 g/mol. The Kier molecular flexibility index (Phi) is 4.26. The molecule has 0 amide bonds. The average molecular weight is 267 g/mol. The molecule has 0 aromatic carbocycles. The van der Waals surface area contributed by atoms with E-state index >= 15 is 0 Å². The van der Waals surface area contributed by atoms with Gasteiger partial charge in [0.25, 0.3) is 0 Å². The summed E-state index contributed by atoms with van der Waals surface area (Å²) in [5.41, 5.74) is -0.647. The van der Waals surface area contributed by atoms with Gasteiger partial charge in [-0.05, 0) is 53.0 Å². The smallest absolute Gasteiger partial charge is 0.246 e. The Balaban J connectivity index is 2.22. The van der Waals surface area contributed by atoms with Gasteiger partial charge >= 0.3 is 0 Å². The van der Waals surface area contributed by atoms with E-state index in [0.29, 0.717) is 18.3 Å². The van der Waals surface area contributed by atoms with Crippen LogP contribution in [0.4, 0.5) is 0 Å². The fourth-order valence-electron chi connectivity index (χ4n) is 2.54. The topological polar surface area (TPSA) is 60.2 Å². The molecule has 2 unspecified atom stereocenters. The van der Waals surface area contributed by atoms with E-state index in [1.54, 1.807) is 0 Å². The van der Waals surface area contributed by atoms with Crippen molar-refractivity contribution in [2.45, 2.75) is 64.5 Å². The SMILES string of the molecule is CCOC(C)(CC)c1noc(C2(C)CCCCN2)n1. The van der Waals surface area contributed by atoms with Crippen LogP contribution in [0.3, 0.4) is 0 Å². The molecule has 1 aromatic heterocycles. The van der Waals surface area contributed by atoms with Gasteiger partial charge in [0.2, 0.25) is 11.7 Å². The Morgan fingerprint density at radius 1 is 1.42 bits per heavy atom. The Hall–Kier alpha value is -0.940. The number of rotatable bonds is 5. The van der Waals surface area contributed by atoms with Crippen molar-refractivity contribution in [1.29, 1.82) is 0 Å². The van der Waals surface area contributed by atoms with E-state index in [-0.39, 0.29) is 5.54 Å². The summed E-state index contributed by atoms with van der Waals surface area (Å²) >= 11 is 0. The van der Waals surface area contributed by atoms with Gasteiger partial charge in [-0.25, -0.2) is 0 Å². The first-order valence-electron chi connectivity index (χ1n) is 7.28. The molecule has 1 aliphatic heterocycles. The quantitative estimate of drug-likeness (QED) is 0.888. The third-order valence-corrected chi connectivity index (χ3v) is 4.13. The third kappa shape index (κ3) is 2.82. The van der Waals surface area contributed by atoms with Crippen molar-refractivity contribution in [3.63, 3.8) is 0 Å². The highest BCUT2D eigenvalue weighted by atomic mass is 16.5. The molecule has 1 fully saturated rings. The van der Waals surface area contributed by atoms with Crippen molar-refractivity contribution in [3.8, 4) is 0 Å². The maximum absolute atomic E-state index is 5.79. The molecule has 0 saturated carbocycles. The van der Waals surface area contributed by atoms with E-state index < -0.39 is 5.60 Å². The van der Waals surface area contributed by atoms with E-state index in [9.17, 15) is 0 Å². The first-order chi connectivity index (χ1) is 9.04. The van der Waals surface area contributed by atoms with Crippen LogP contribution in [0.15, 0.2) is 4.52 Å². The van der Waals surface area contributed by atoms with Crippen molar-refractivity contribution in [3.05, 3.63) is 11.7 Å². The summed E-state index contributed by atoms with van der Waals surface area (Å²) in [4.78, 5) is 4.60. The largest absolute Gasteiger partial charge is 0.367 e. The van der Waals surface area contributed by atoms with Gasteiger partial charge in [-0.15, -0.1) is 0 Å². The van der Waals surface area contributed by atoms with Crippen LogP contribution in [-0.2, 0) is 15.9 Å². The van der Waals surface area contributed by atoms with Gasteiger partial charge in [-0.3, -0.25) is 0 Å². The molecule has 1 aromatic rings. The minimum absolute atomic E-state index is 0.190. The lowest BCUT2D eigenvalue weighted by Crippen LogP contribution is -2.43. The molecule has 5 nitrogen and oxygen atoms in total. The van der Waals surface area contributed by atoms with E-state index in [4.69, 9.17) is 9.26 Å². The van der Waals surface area contributed by atoms with Crippen molar-refractivity contribution < 1.29 is 9.26 Å². The second-order valence-electron chi connectivity index (χ2n) is 5.66. The molecule has 1 N–H and O–H groups in total. The lowest BCUT2D eigenvalue weighted by atomic mass is 9.91. The van der Waals surface area contributed by atoms with Crippen molar-refractivity contribution >= 4 is 0 Å². The van der Waals surface area contributed by atoms with Crippen LogP contribution >= 0.6 is 0 Å². The van der Waals surface area contributed by atoms with Crippen LogP contribution in [0, 0.1) is 0 Å². The highest BCUT2D eigenvalue weighted by Gasteiger charge is 2.37. The standard InChI is InChI=1S/C14H25N3O2/c1-5-14(4,18-6-2)11-16-12(19-17-11)13(3)9-7-8-10-15-13/h15H,5-10H2,1-4H3. The third-order valence-electron chi connectivity index (χ3n) is 4.13. The van der Waals surface area contributed by atoms with Gasteiger partial charge in [0, 0.05) is 6.61 Å². The Morgan fingerprint density at radius 3 is 2.79 bits per heavy atom. The number of ether oxygens (including phenoxy) is 1. The van der Waals surface area contributed by atoms with E-state index in [1.165, 1.54) is 12.8 Å². The van der Waals surface area contributed by atoms with Gasteiger partial charge < -0.3 is 14.6 Å². The molecule has 0 bridgehead atoms. The van der Waals surface area contributed by atoms with Crippen molar-refractivity contribution in [2.75, 3.05) is 13.2 Å². The van der Waals surface area contributed by atoms with Gasteiger partial charge in [0.15, 0.2) is 0 Å². The summed E-state index contributed by atoms with van der Waals surface area (Å²) in [6.07, 6.45) is 4.26. The van der Waals surface area contributed by atoms with E-state index in [2.05, 4.69) is 29.3 Å². The van der Waals surface area contributed by atoms with Crippen LogP contribution in [0.2, 0.25) is 0 Å². The zero-order valence-corrected chi connectivity index (χ0v) is 12.5. The molecule has 2 rings (SSSR count). The van der Waals surface area contributed by atoms with Gasteiger partial charge in [0.1, 0.15) is 5.60 Å². The summed E-state index contributed by atoms with van der Waals surface area (Å²) < 4.78 is 11.3. The van der Waals surface area contributed by atoms with Crippen LogP contribution in [0.5, 0.6) is 0 Å². The summed E-state index contributed by atoms with van der Waals surface area (Å²) in [7, 11) is 0. The van der Waals surface area contributed by atoms with Crippen LogP contribution in [0.1, 0.15) is 65.1 Å². The summed E-state index contributed by atoms with van der Waals surface area (Å²) in [5, 5.41) is 7.64. The maximum atomic E-state index is 5.79. The Bertz CT molecular complexity index is 389. The molecule has 2 atom stereocenters. The number of aromatic nitrogens is 2. The molecule has 108 valence electrons. The maximum Gasteiger partial charge on any atom is 0.246 e. The molecule has 0 aliphatic carbocycles. The molecule has 1 saturated heterocycles. The molecule has 0 radical (unpaired) electrons. The first kappa shape index (κ1) is 14.5. The minimum atomic E-state index is -0.457. The lowest BCUT2D eigenvalue weighted by Gasteiger charge is -2.31. The summed E-state index contributed by atoms with van der Waals surface area (Å²) in [6, 6.07) is 0. The zero-order chi connectivity index (χ0) is 13.9. The predicted octanol–water partition coefficient (Wildman–Crippen LogP) is 2.72. The fraction of sp³-hybridized carbons (Fsp3) is 0.857. The molecular formula is C14H25N3O2.